The maximum absolute atomic E-state index is 6.22. The summed E-state index contributed by atoms with van der Waals surface area (Å²) in [5.74, 6) is 1.41. The van der Waals surface area contributed by atoms with Gasteiger partial charge in [0, 0.05) is 11.4 Å². The molecule has 15 heavy (non-hydrogen) atoms. The molecule has 1 aliphatic rings. The van der Waals surface area contributed by atoms with Crippen LogP contribution >= 0.6 is 22.9 Å². The highest BCUT2D eigenvalue weighted by atomic mass is 35.5. The first-order valence-corrected chi connectivity index (χ1v) is 6.93. The van der Waals surface area contributed by atoms with Crippen molar-refractivity contribution < 1.29 is 0 Å². The molecule has 1 fully saturated rings. The highest BCUT2D eigenvalue weighted by Crippen LogP contribution is 2.41. The lowest BCUT2D eigenvalue weighted by molar-refractivity contribution is 0.277. The van der Waals surface area contributed by atoms with Crippen LogP contribution in [0.5, 0.6) is 0 Å². The van der Waals surface area contributed by atoms with E-state index in [0.717, 1.165) is 10.9 Å². The average molecular weight is 244 g/mol. The lowest BCUT2D eigenvalue weighted by Crippen LogP contribution is -2.33. The molecule has 1 saturated carbocycles. The second-order valence-electron chi connectivity index (χ2n) is 4.56. The van der Waals surface area contributed by atoms with Crippen LogP contribution in [0.15, 0.2) is 10.8 Å². The Labute approximate surface area is 101 Å². The van der Waals surface area contributed by atoms with Gasteiger partial charge in [0.15, 0.2) is 0 Å². The number of hydrogen-bond acceptors (Lipinski definition) is 2. The maximum Gasteiger partial charge on any atom is 0.0547 e. The van der Waals surface area contributed by atoms with E-state index in [-0.39, 0.29) is 0 Å². The van der Waals surface area contributed by atoms with Gasteiger partial charge in [-0.2, -0.15) is 11.3 Å². The Bertz CT molecular complexity index is 323. The molecule has 0 saturated heterocycles. The Morgan fingerprint density at radius 1 is 1.40 bits per heavy atom. The summed E-state index contributed by atoms with van der Waals surface area (Å²) in [6.45, 7) is 2.35. The molecule has 0 bridgehead atoms. The zero-order chi connectivity index (χ0) is 10.8. The van der Waals surface area contributed by atoms with Crippen molar-refractivity contribution in [3.05, 3.63) is 21.3 Å². The summed E-state index contributed by atoms with van der Waals surface area (Å²) >= 11 is 7.94. The van der Waals surface area contributed by atoms with Crippen LogP contribution in [0.4, 0.5) is 0 Å². The van der Waals surface area contributed by atoms with E-state index in [1.54, 1.807) is 11.3 Å². The van der Waals surface area contributed by atoms with Crippen LogP contribution in [0, 0.1) is 5.92 Å². The van der Waals surface area contributed by atoms with Gasteiger partial charge >= 0.3 is 0 Å². The van der Waals surface area contributed by atoms with Crippen molar-refractivity contribution in [2.24, 2.45) is 5.92 Å². The predicted molar refractivity (Wildman–Crippen MR) is 67.9 cm³/mol. The second kappa shape index (κ2) is 4.86. The molecule has 3 unspecified atom stereocenters. The Hall–Kier alpha value is -0.0500. The van der Waals surface area contributed by atoms with Crippen molar-refractivity contribution in [3.63, 3.8) is 0 Å². The third kappa shape index (κ3) is 2.38. The van der Waals surface area contributed by atoms with Gasteiger partial charge in [0.05, 0.1) is 5.02 Å². The monoisotopic (exact) mass is 243 g/mol. The summed E-state index contributed by atoms with van der Waals surface area (Å²) in [7, 11) is 2.06. The SMILES string of the molecule is CNC1CCC(C)C(c2cscc2Cl)C1. The Kier molecular flexibility index (Phi) is 3.70. The molecule has 0 radical (unpaired) electrons. The van der Waals surface area contributed by atoms with Crippen molar-refractivity contribution in [2.45, 2.75) is 38.1 Å². The van der Waals surface area contributed by atoms with Gasteiger partial charge in [-0.25, -0.2) is 0 Å². The molecule has 0 spiro atoms. The molecule has 0 amide bonds. The zero-order valence-electron chi connectivity index (χ0n) is 9.29. The van der Waals surface area contributed by atoms with Crippen LogP contribution in [0.2, 0.25) is 5.02 Å². The molecule has 1 nitrogen and oxygen atoms in total. The molecule has 1 N–H and O–H groups in total. The fourth-order valence-corrected chi connectivity index (χ4v) is 3.76. The van der Waals surface area contributed by atoms with E-state index in [4.69, 9.17) is 11.6 Å². The van der Waals surface area contributed by atoms with Crippen LogP contribution in [-0.2, 0) is 0 Å². The van der Waals surface area contributed by atoms with E-state index in [0.29, 0.717) is 12.0 Å². The lowest BCUT2D eigenvalue weighted by Gasteiger charge is -2.34. The van der Waals surface area contributed by atoms with Gasteiger partial charge in [0.2, 0.25) is 0 Å². The van der Waals surface area contributed by atoms with Crippen LogP contribution in [0.3, 0.4) is 0 Å². The second-order valence-corrected chi connectivity index (χ2v) is 5.71. The van der Waals surface area contributed by atoms with Crippen LogP contribution in [-0.4, -0.2) is 13.1 Å². The molecule has 1 aromatic heterocycles. The normalized spacial score (nSPS) is 31.8. The van der Waals surface area contributed by atoms with Crippen molar-refractivity contribution in [1.29, 1.82) is 0 Å². The van der Waals surface area contributed by atoms with Gasteiger partial charge in [-0.1, -0.05) is 18.5 Å². The molecule has 0 aliphatic heterocycles. The molecule has 3 heteroatoms. The third-order valence-electron chi connectivity index (χ3n) is 3.65. The van der Waals surface area contributed by atoms with E-state index >= 15 is 0 Å². The van der Waals surface area contributed by atoms with Gasteiger partial charge in [-0.3, -0.25) is 0 Å². The molecular formula is C12H18ClNS. The zero-order valence-corrected chi connectivity index (χ0v) is 10.9. The van der Waals surface area contributed by atoms with Crippen LogP contribution < -0.4 is 5.32 Å². The number of nitrogens with one attached hydrogen (secondary N) is 1. The van der Waals surface area contributed by atoms with Crippen molar-refractivity contribution in [1.82, 2.24) is 5.32 Å². The fourth-order valence-electron chi connectivity index (χ4n) is 2.57. The first kappa shape index (κ1) is 11.4. The quantitative estimate of drug-likeness (QED) is 0.831. The molecule has 0 aromatic carbocycles. The first-order valence-electron chi connectivity index (χ1n) is 5.61. The average Bonchev–Trinajstić information content (AvgIpc) is 2.65. The molecular weight excluding hydrogens is 226 g/mol. The molecule has 3 atom stereocenters. The summed E-state index contributed by atoms with van der Waals surface area (Å²) in [6, 6.07) is 0.669. The van der Waals surface area contributed by atoms with Gasteiger partial charge in [-0.05, 0) is 49.1 Å². The molecule has 2 rings (SSSR count). The number of halogens is 1. The minimum absolute atomic E-state index is 0.648. The Morgan fingerprint density at radius 2 is 2.20 bits per heavy atom. The molecule has 1 aromatic rings. The third-order valence-corrected chi connectivity index (χ3v) is 4.86. The van der Waals surface area contributed by atoms with E-state index in [1.165, 1.54) is 24.8 Å². The summed E-state index contributed by atoms with van der Waals surface area (Å²) in [5.41, 5.74) is 1.37. The molecule has 1 heterocycles. The van der Waals surface area contributed by atoms with Crippen LogP contribution in [0.1, 0.15) is 37.7 Å². The van der Waals surface area contributed by atoms with E-state index in [1.807, 2.05) is 5.38 Å². The summed E-state index contributed by atoms with van der Waals surface area (Å²) in [6.07, 6.45) is 3.84. The van der Waals surface area contributed by atoms with E-state index in [2.05, 4.69) is 24.7 Å². The first-order chi connectivity index (χ1) is 7.22. The summed E-state index contributed by atoms with van der Waals surface area (Å²) in [4.78, 5) is 0. The van der Waals surface area contributed by atoms with E-state index < -0.39 is 0 Å². The highest BCUT2D eigenvalue weighted by molar-refractivity contribution is 7.08. The molecule has 84 valence electrons. The van der Waals surface area contributed by atoms with Crippen molar-refractivity contribution in [2.75, 3.05) is 7.05 Å². The molecule has 1 aliphatic carbocycles. The highest BCUT2D eigenvalue weighted by Gasteiger charge is 2.29. The fraction of sp³-hybridized carbons (Fsp3) is 0.667. The summed E-state index contributed by atoms with van der Waals surface area (Å²) < 4.78 is 0. The van der Waals surface area contributed by atoms with Gasteiger partial charge < -0.3 is 5.32 Å². The number of rotatable bonds is 2. The topological polar surface area (TPSA) is 12.0 Å². The van der Waals surface area contributed by atoms with Crippen molar-refractivity contribution in [3.8, 4) is 0 Å². The number of thiophene rings is 1. The number of hydrogen-bond donors (Lipinski definition) is 1. The smallest absolute Gasteiger partial charge is 0.0547 e. The summed E-state index contributed by atoms with van der Waals surface area (Å²) in [5, 5.41) is 8.63. The predicted octanol–water partition coefficient (Wildman–Crippen LogP) is 3.89. The van der Waals surface area contributed by atoms with Gasteiger partial charge in [-0.15, -0.1) is 0 Å². The van der Waals surface area contributed by atoms with Gasteiger partial charge in [0.25, 0.3) is 0 Å². The van der Waals surface area contributed by atoms with E-state index in [9.17, 15) is 0 Å². The minimum Gasteiger partial charge on any atom is -0.317 e. The maximum atomic E-state index is 6.22. The van der Waals surface area contributed by atoms with Gasteiger partial charge in [0.1, 0.15) is 0 Å². The standard InChI is InChI=1S/C12H18ClNS/c1-8-3-4-9(14-2)5-10(8)11-6-15-7-12(11)13/h6-10,14H,3-5H2,1-2H3. The lowest BCUT2D eigenvalue weighted by atomic mass is 9.75. The minimum atomic E-state index is 0.648. The van der Waals surface area contributed by atoms with Crippen LogP contribution in [0.25, 0.3) is 0 Å². The largest absolute Gasteiger partial charge is 0.317 e. The van der Waals surface area contributed by atoms with Crippen molar-refractivity contribution >= 4 is 22.9 Å². The Balaban J connectivity index is 2.16. The Morgan fingerprint density at radius 3 is 2.80 bits per heavy atom.